The van der Waals surface area contributed by atoms with Gasteiger partial charge in [-0.25, -0.2) is 13.1 Å². The van der Waals surface area contributed by atoms with Crippen molar-refractivity contribution in [3.8, 4) is 0 Å². The summed E-state index contributed by atoms with van der Waals surface area (Å²) in [6.45, 7) is 5.24. The highest BCUT2D eigenvalue weighted by molar-refractivity contribution is 7.90. The molecule has 1 unspecified atom stereocenters. The van der Waals surface area contributed by atoms with E-state index in [1.54, 1.807) is 13.8 Å². The average molecular weight is 241 g/mol. The van der Waals surface area contributed by atoms with Crippen LogP contribution in [-0.4, -0.2) is 19.7 Å². The Bertz CT molecular complexity index is 412. The van der Waals surface area contributed by atoms with E-state index < -0.39 is 10.0 Å². The molecule has 1 aromatic rings. The van der Waals surface area contributed by atoms with Gasteiger partial charge in [0.2, 0.25) is 10.0 Å². The molecule has 0 saturated heterocycles. The molecule has 0 heterocycles. The van der Waals surface area contributed by atoms with Crippen LogP contribution in [0.4, 0.5) is 0 Å². The van der Waals surface area contributed by atoms with Gasteiger partial charge in [0.1, 0.15) is 0 Å². The highest BCUT2D eigenvalue weighted by Gasteiger charge is 2.18. The molecule has 0 radical (unpaired) electrons. The standard InChI is InChI=1S/C12H19NO2S/c1-10(2)16(14,15)13-11(3)9-12-7-5-4-6-8-12/h4-8,10-11,13H,9H2,1-3H3. The first-order valence-electron chi connectivity index (χ1n) is 5.47. The maximum Gasteiger partial charge on any atom is 0.214 e. The third-order valence-corrected chi connectivity index (χ3v) is 4.34. The molecule has 1 atom stereocenters. The third kappa shape index (κ3) is 3.94. The van der Waals surface area contributed by atoms with Crippen molar-refractivity contribution in [2.24, 2.45) is 0 Å². The number of nitrogens with one attached hydrogen (secondary N) is 1. The van der Waals surface area contributed by atoms with Crippen LogP contribution in [0.1, 0.15) is 26.3 Å². The number of rotatable bonds is 5. The SMILES string of the molecule is CC(Cc1ccccc1)NS(=O)(=O)C(C)C. The fourth-order valence-corrected chi connectivity index (χ4v) is 2.34. The van der Waals surface area contributed by atoms with Crippen LogP contribution < -0.4 is 4.72 Å². The van der Waals surface area contributed by atoms with Crippen molar-refractivity contribution < 1.29 is 8.42 Å². The van der Waals surface area contributed by atoms with Crippen LogP contribution in [0.3, 0.4) is 0 Å². The summed E-state index contributed by atoms with van der Waals surface area (Å²) >= 11 is 0. The molecule has 0 aliphatic carbocycles. The van der Waals surface area contributed by atoms with Gasteiger partial charge in [-0.3, -0.25) is 0 Å². The van der Waals surface area contributed by atoms with Gasteiger partial charge >= 0.3 is 0 Å². The fourth-order valence-electron chi connectivity index (χ4n) is 1.43. The van der Waals surface area contributed by atoms with E-state index >= 15 is 0 Å². The zero-order valence-electron chi connectivity index (χ0n) is 9.97. The van der Waals surface area contributed by atoms with Crippen molar-refractivity contribution in [3.63, 3.8) is 0 Å². The Kier molecular flexibility index (Phi) is 4.50. The van der Waals surface area contributed by atoms with Gasteiger partial charge in [-0.15, -0.1) is 0 Å². The molecule has 90 valence electrons. The average Bonchev–Trinajstić information content (AvgIpc) is 2.17. The molecule has 1 aromatic carbocycles. The minimum atomic E-state index is -3.17. The lowest BCUT2D eigenvalue weighted by Crippen LogP contribution is -2.38. The lowest BCUT2D eigenvalue weighted by molar-refractivity contribution is 0.551. The quantitative estimate of drug-likeness (QED) is 0.856. The second-order valence-corrected chi connectivity index (χ2v) is 6.57. The van der Waals surface area contributed by atoms with Gasteiger partial charge in [-0.2, -0.15) is 0 Å². The van der Waals surface area contributed by atoms with Gasteiger partial charge in [0.15, 0.2) is 0 Å². The first kappa shape index (κ1) is 13.2. The summed E-state index contributed by atoms with van der Waals surface area (Å²) in [5.41, 5.74) is 1.14. The largest absolute Gasteiger partial charge is 0.214 e. The number of hydrogen-bond acceptors (Lipinski definition) is 2. The zero-order valence-corrected chi connectivity index (χ0v) is 10.8. The van der Waals surface area contributed by atoms with Gasteiger partial charge in [-0.1, -0.05) is 30.3 Å². The molecule has 0 aromatic heterocycles. The molecule has 0 spiro atoms. The summed E-state index contributed by atoms with van der Waals surface area (Å²) in [6, 6.07) is 9.79. The predicted molar refractivity (Wildman–Crippen MR) is 66.8 cm³/mol. The molecule has 1 N–H and O–H groups in total. The van der Waals surface area contributed by atoms with Crippen LogP contribution in [0.15, 0.2) is 30.3 Å². The molecule has 0 fully saturated rings. The molecule has 3 nitrogen and oxygen atoms in total. The molecule has 0 bridgehead atoms. The van der Waals surface area contributed by atoms with E-state index in [0.717, 1.165) is 5.56 Å². The van der Waals surface area contributed by atoms with Crippen LogP contribution >= 0.6 is 0 Å². The van der Waals surface area contributed by atoms with Crippen LogP contribution in [-0.2, 0) is 16.4 Å². The smallest absolute Gasteiger partial charge is 0.212 e. The van der Waals surface area contributed by atoms with E-state index in [2.05, 4.69) is 4.72 Å². The molecular weight excluding hydrogens is 222 g/mol. The summed E-state index contributed by atoms with van der Waals surface area (Å²) < 4.78 is 25.9. The molecular formula is C12H19NO2S. The minimum absolute atomic E-state index is 0.0743. The number of benzene rings is 1. The van der Waals surface area contributed by atoms with Gasteiger partial charge in [0, 0.05) is 6.04 Å². The van der Waals surface area contributed by atoms with Crippen molar-refractivity contribution in [2.45, 2.75) is 38.5 Å². The topological polar surface area (TPSA) is 46.2 Å². The number of sulfonamides is 1. The van der Waals surface area contributed by atoms with Crippen molar-refractivity contribution >= 4 is 10.0 Å². The molecule has 0 aliphatic rings. The summed E-state index contributed by atoms with van der Waals surface area (Å²) in [4.78, 5) is 0. The van der Waals surface area contributed by atoms with Gasteiger partial charge in [0.05, 0.1) is 5.25 Å². The molecule has 1 rings (SSSR count). The highest BCUT2D eigenvalue weighted by Crippen LogP contribution is 2.05. The molecule has 0 saturated carbocycles. The number of hydrogen-bond donors (Lipinski definition) is 1. The first-order chi connectivity index (χ1) is 7.42. The van der Waals surface area contributed by atoms with Crippen molar-refractivity contribution in [1.82, 2.24) is 4.72 Å². The fraction of sp³-hybridized carbons (Fsp3) is 0.500. The predicted octanol–water partition coefficient (Wildman–Crippen LogP) is 1.95. The van der Waals surface area contributed by atoms with Crippen LogP contribution in [0, 0.1) is 0 Å². The maximum atomic E-state index is 11.6. The summed E-state index contributed by atoms with van der Waals surface area (Å²) in [7, 11) is -3.17. The minimum Gasteiger partial charge on any atom is -0.212 e. The Morgan fingerprint density at radius 2 is 1.69 bits per heavy atom. The first-order valence-corrected chi connectivity index (χ1v) is 7.01. The van der Waals surface area contributed by atoms with E-state index in [1.165, 1.54) is 0 Å². The van der Waals surface area contributed by atoms with Crippen LogP contribution in [0.5, 0.6) is 0 Å². The monoisotopic (exact) mass is 241 g/mol. The zero-order chi connectivity index (χ0) is 12.2. The Balaban J connectivity index is 2.58. The summed E-state index contributed by atoms with van der Waals surface area (Å²) in [5.74, 6) is 0. The lowest BCUT2D eigenvalue weighted by atomic mass is 10.1. The third-order valence-electron chi connectivity index (χ3n) is 2.37. The Morgan fingerprint density at radius 1 is 1.12 bits per heavy atom. The Labute approximate surface area is 97.9 Å². The van der Waals surface area contributed by atoms with Crippen molar-refractivity contribution in [2.75, 3.05) is 0 Å². The second kappa shape index (κ2) is 5.46. The van der Waals surface area contributed by atoms with Gasteiger partial charge in [0.25, 0.3) is 0 Å². The van der Waals surface area contributed by atoms with E-state index in [4.69, 9.17) is 0 Å². The summed E-state index contributed by atoms with van der Waals surface area (Å²) in [5, 5.41) is -0.384. The normalized spacial score (nSPS) is 14.0. The van der Waals surface area contributed by atoms with E-state index in [-0.39, 0.29) is 11.3 Å². The second-order valence-electron chi connectivity index (χ2n) is 4.30. The highest BCUT2D eigenvalue weighted by atomic mass is 32.2. The molecule has 0 aliphatic heterocycles. The Morgan fingerprint density at radius 3 is 2.19 bits per heavy atom. The van der Waals surface area contributed by atoms with Crippen LogP contribution in [0.25, 0.3) is 0 Å². The van der Waals surface area contributed by atoms with Crippen molar-refractivity contribution in [3.05, 3.63) is 35.9 Å². The molecule has 16 heavy (non-hydrogen) atoms. The van der Waals surface area contributed by atoms with Gasteiger partial charge < -0.3 is 0 Å². The van der Waals surface area contributed by atoms with Crippen molar-refractivity contribution in [1.29, 1.82) is 0 Å². The maximum absolute atomic E-state index is 11.6. The lowest BCUT2D eigenvalue weighted by Gasteiger charge is -2.16. The van der Waals surface area contributed by atoms with Gasteiger partial charge in [-0.05, 0) is 32.8 Å². The van der Waals surface area contributed by atoms with Crippen LogP contribution in [0.2, 0.25) is 0 Å². The van der Waals surface area contributed by atoms with E-state index in [1.807, 2.05) is 37.3 Å². The van der Waals surface area contributed by atoms with E-state index in [9.17, 15) is 8.42 Å². The van der Waals surface area contributed by atoms with E-state index in [0.29, 0.717) is 6.42 Å². The molecule has 4 heteroatoms. The summed E-state index contributed by atoms with van der Waals surface area (Å²) in [6.07, 6.45) is 0.715. The molecule has 0 amide bonds. The Hall–Kier alpha value is -0.870.